The Balaban J connectivity index is 2.33. The van der Waals surface area contributed by atoms with E-state index in [1.807, 2.05) is 0 Å². The lowest BCUT2D eigenvalue weighted by atomic mass is 9.93. The van der Waals surface area contributed by atoms with Crippen molar-refractivity contribution < 1.29 is 14.7 Å². The number of amides is 2. The third kappa shape index (κ3) is 3.50. The van der Waals surface area contributed by atoms with Gasteiger partial charge in [-0.05, 0) is 19.3 Å². The van der Waals surface area contributed by atoms with Gasteiger partial charge >= 0.3 is 12.0 Å². The van der Waals surface area contributed by atoms with Crippen LogP contribution in [0, 0.1) is 12.3 Å². The minimum absolute atomic E-state index is 0.00653. The second-order valence-corrected chi connectivity index (χ2v) is 3.54. The van der Waals surface area contributed by atoms with Crippen LogP contribution in [0.25, 0.3) is 0 Å². The van der Waals surface area contributed by atoms with Crippen molar-refractivity contribution in [3.8, 4) is 12.3 Å². The zero-order valence-corrected chi connectivity index (χ0v) is 8.32. The fourth-order valence-electron chi connectivity index (χ4n) is 1.26. The fourth-order valence-corrected chi connectivity index (χ4v) is 1.26. The summed E-state index contributed by atoms with van der Waals surface area (Å²) in [6.45, 7) is 0. The molecule has 0 spiro atoms. The summed E-state index contributed by atoms with van der Waals surface area (Å²) in [5.41, 5.74) is 0. The van der Waals surface area contributed by atoms with E-state index in [4.69, 9.17) is 11.5 Å². The minimum Gasteiger partial charge on any atom is -0.480 e. The van der Waals surface area contributed by atoms with Crippen molar-refractivity contribution in [3.05, 3.63) is 0 Å². The number of rotatable bonds is 4. The second-order valence-electron chi connectivity index (χ2n) is 3.54. The third-order valence-corrected chi connectivity index (χ3v) is 2.37. The zero-order chi connectivity index (χ0) is 11.3. The number of carbonyl (C=O) groups excluding carboxylic acids is 1. The van der Waals surface area contributed by atoms with Crippen LogP contribution in [0.3, 0.4) is 0 Å². The van der Waals surface area contributed by atoms with Crippen molar-refractivity contribution in [3.63, 3.8) is 0 Å². The van der Waals surface area contributed by atoms with Gasteiger partial charge in [-0.25, -0.2) is 9.59 Å². The predicted octanol–water partition coefficient (Wildman–Crippen LogP) is 0.315. The average Bonchev–Trinajstić information content (AvgIpc) is 2.10. The van der Waals surface area contributed by atoms with E-state index < -0.39 is 18.0 Å². The fraction of sp³-hybridized carbons (Fsp3) is 0.600. The maximum atomic E-state index is 11.3. The molecule has 1 aliphatic rings. The molecule has 5 nitrogen and oxygen atoms in total. The monoisotopic (exact) mass is 210 g/mol. The Bertz CT molecular complexity index is 292. The van der Waals surface area contributed by atoms with Crippen LogP contribution < -0.4 is 10.6 Å². The first-order valence-corrected chi connectivity index (χ1v) is 4.86. The Morgan fingerprint density at radius 2 is 2.20 bits per heavy atom. The van der Waals surface area contributed by atoms with Crippen molar-refractivity contribution in [2.75, 3.05) is 0 Å². The molecule has 3 N–H and O–H groups in total. The summed E-state index contributed by atoms with van der Waals surface area (Å²) in [5.74, 6) is 1.10. The highest BCUT2D eigenvalue weighted by molar-refractivity contribution is 5.82. The van der Waals surface area contributed by atoms with E-state index in [1.54, 1.807) is 0 Å². The number of nitrogens with one attached hydrogen (secondary N) is 2. The molecule has 1 saturated carbocycles. The molecule has 1 unspecified atom stereocenters. The van der Waals surface area contributed by atoms with E-state index in [0.717, 1.165) is 19.3 Å². The van der Waals surface area contributed by atoms with Gasteiger partial charge in [-0.1, -0.05) is 0 Å². The summed E-state index contributed by atoms with van der Waals surface area (Å²) in [4.78, 5) is 21.9. The molecule has 0 aromatic rings. The summed E-state index contributed by atoms with van der Waals surface area (Å²) in [6.07, 6.45) is 8.02. The Morgan fingerprint density at radius 1 is 1.53 bits per heavy atom. The molecule has 82 valence electrons. The molecule has 1 fully saturated rings. The van der Waals surface area contributed by atoms with Crippen LogP contribution in [-0.2, 0) is 4.79 Å². The van der Waals surface area contributed by atoms with Crippen LogP contribution in [0.4, 0.5) is 4.79 Å². The first-order chi connectivity index (χ1) is 7.13. The van der Waals surface area contributed by atoms with E-state index in [2.05, 4.69) is 16.6 Å². The second kappa shape index (κ2) is 5.25. The molecule has 5 heteroatoms. The van der Waals surface area contributed by atoms with Crippen molar-refractivity contribution in [2.24, 2.45) is 0 Å². The molecule has 0 radical (unpaired) electrons. The van der Waals surface area contributed by atoms with Gasteiger partial charge in [-0.2, -0.15) is 0 Å². The number of hydrogen-bond donors (Lipinski definition) is 3. The summed E-state index contributed by atoms with van der Waals surface area (Å²) < 4.78 is 0. The summed E-state index contributed by atoms with van der Waals surface area (Å²) in [7, 11) is 0. The summed E-state index contributed by atoms with van der Waals surface area (Å²) in [5, 5.41) is 13.7. The Kier molecular flexibility index (Phi) is 3.98. The van der Waals surface area contributed by atoms with Crippen molar-refractivity contribution in [1.82, 2.24) is 10.6 Å². The maximum Gasteiger partial charge on any atom is 0.327 e. The Hall–Kier alpha value is -1.70. The molecule has 0 bridgehead atoms. The normalized spacial score (nSPS) is 17.0. The van der Waals surface area contributed by atoms with Crippen molar-refractivity contribution in [1.29, 1.82) is 0 Å². The molecular weight excluding hydrogens is 196 g/mol. The first kappa shape index (κ1) is 11.4. The summed E-state index contributed by atoms with van der Waals surface area (Å²) in [6, 6.07) is -1.28. The van der Waals surface area contributed by atoms with Gasteiger partial charge in [-0.3, -0.25) is 0 Å². The predicted molar refractivity (Wildman–Crippen MR) is 54.2 cm³/mol. The van der Waals surface area contributed by atoms with E-state index in [0.29, 0.717) is 0 Å². The molecule has 1 rings (SSSR count). The van der Waals surface area contributed by atoms with Gasteiger partial charge < -0.3 is 15.7 Å². The molecular formula is C10H14N2O3. The number of aliphatic carboxylic acids is 1. The van der Waals surface area contributed by atoms with E-state index in [1.165, 1.54) is 0 Å². The van der Waals surface area contributed by atoms with E-state index >= 15 is 0 Å². The SMILES string of the molecule is C#CCC(NC(=O)NC1CCC1)C(=O)O. The highest BCUT2D eigenvalue weighted by atomic mass is 16.4. The molecule has 2 amide bonds. The van der Waals surface area contributed by atoms with E-state index in [-0.39, 0.29) is 12.5 Å². The van der Waals surface area contributed by atoms with Gasteiger partial charge in [0.15, 0.2) is 0 Å². The smallest absolute Gasteiger partial charge is 0.327 e. The highest BCUT2D eigenvalue weighted by Gasteiger charge is 2.23. The van der Waals surface area contributed by atoms with Gasteiger partial charge in [0.1, 0.15) is 6.04 Å². The van der Waals surface area contributed by atoms with Gasteiger partial charge in [0.2, 0.25) is 0 Å². The first-order valence-electron chi connectivity index (χ1n) is 4.86. The third-order valence-electron chi connectivity index (χ3n) is 2.37. The van der Waals surface area contributed by atoms with Crippen LogP contribution >= 0.6 is 0 Å². The molecule has 0 saturated heterocycles. The molecule has 0 heterocycles. The number of urea groups is 1. The molecule has 0 aromatic carbocycles. The van der Waals surface area contributed by atoms with Crippen LogP contribution in [0.2, 0.25) is 0 Å². The standard InChI is InChI=1S/C10H14N2O3/c1-2-4-8(9(13)14)12-10(15)11-7-5-3-6-7/h1,7-8H,3-6H2,(H,13,14)(H2,11,12,15). The lowest BCUT2D eigenvalue weighted by molar-refractivity contribution is -0.139. The number of carboxylic acids is 1. The lowest BCUT2D eigenvalue weighted by Crippen LogP contribution is -2.50. The molecule has 0 aliphatic heterocycles. The van der Waals surface area contributed by atoms with E-state index in [9.17, 15) is 9.59 Å². The summed E-state index contributed by atoms with van der Waals surface area (Å²) >= 11 is 0. The maximum absolute atomic E-state index is 11.3. The van der Waals surface area contributed by atoms with Crippen LogP contribution in [0.1, 0.15) is 25.7 Å². The van der Waals surface area contributed by atoms with Crippen LogP contribution in [0.5, 0.6) is 0 Å². The number of hydrogen-bond acceptors (Lipinski definition) is 2. The van der Waals surface area contributed by atoms with Crippen molar-refractivity contribution >= 4 is 12.0 Å². The van der Waals surface area contributed by atoms with Crippen molar-refractivity contribution in [2.45, 2.75) is 37.8 Å². The Labute approximate surface area is 88.2 Å². The topological polar surface area (TPSA) is 78.4 Å². The number of carbonyl (C=O) groups is 2. The lowest BCUT2D eigenvalue weighted by Gasteiger charge is -2.27. The molecule has 1 atom stereocenters. The zero-order valence-electron chi connectivity index (χ0n) is 8.32. The van der Waals surface area contributed by atoms with Gasteiger partial charge in [0.25, 0.3) is 0 Å². The number of terminal acetylenes is 1. The van der Waals surface area contributed by atoms with Crippen LogP contribution in [-0.4, -0.2) is 29.2 Å². The Morgan fingerprint density at radius 3 is 2.60 bits per heavy atom. The molecule has 1 aliphatic carbocycles. The largest absolute Gasteiger partial charge is 0.480 e. The highest BCUT2D eigenvalue weighted by Crippen LogP contribution is 2.17. The minimum atomic E-state index is -1.11. The molecule has 15 heavy (non-hydrogen) atoms. The van der Waals surface area contributed by atoms with Gasteiger partial charge in [-0.15, -0.1) is 12.3 Å². The van der Waals surface area contributed by atoms with Gasteiger partial charge in [0, 0.05) is 12.5 Å². The quantitative estimate of drug-likeness (QED) is 0.584. The molecule has 0 aromatic heterocycles. The average molecular weight is 210 g/mol. The number of carboxylic acid groups (broad SMARTS) is 1. The van der Waals surface area contributed by atoms with Crippen LogP contribution in [0.15, 0.2) is 0 Å². The van der Waals surface area contributed by atoms with Gasteiger partial charge in [0.05, 0.1) is 0 Å².